The Balaban J connectivity index is 1.70. The first-order valence-electron chi connectivity index (χ1n) is 9.35. The minimum absolute atomic E-state index is 0.0611. The van der Waals surface area contributed by atoms with Gasteiger partial charge in [0.1, 0.15) is 0 Å². The summed E-state index contributed by atoms with van der Waals surface area (Å²) in [4.78, 5) is 16.2. The number of nitrogens with zero attached hydrogens (tertiary/aromatic N) is 3. The molecule has 1 aromatic carbocycles. The van der Waals surface area contributed by atoms with Gasteiger partial charge in [0.25, 0.3) is 5.91 Å². The van der Waals surface area contributed by atoms with Gasteiger partial charge in [-0.05, 0) is 39.8 Å². The smallest absolute Gasteiger partial charge is 0.256 e. The van der Waals surface area contributed by atoms with Crippen molar-refractivity contribution in [1.82, 2.24) is 20.0 Å². The summed E-state index contributed by atoms with van der Waals surface area (Å²) < 4.78 is 27.4. The summed E-state index contributed by atoms with van der Waals surface area (Å²) in [7, 11) is 1.84. The summed E-state index contributed by atoms with van der Waals surface area (Å²) in [5, 5.41) is 18.1. The zero-order valence-corrected chi connectivity index (χ0v) is 16.4. The molecule has 0 bridgehead atoms. The number of aromatic nitrogens is 2. The molecule has 1 amide bonds. The molecule has 2 N–H and O–H groups in total. The van der Waals surface area contributed by atoms with Gasteiger partial charge in [-0.2, -0.15) is 5.10 Å². The number of aryl methyl sites for hydroxylation is 2. The topological polar surface area (TPSA) is 72.5 Å². The Morgan fingerprint density at radius 3 is 2.79 bits per heavy atom. The van der Waals surface area contributed by atoms with E-state index in [9.17, 15) is 18.7 Å². The van der Waals surface area contributed by atoms with E-state index < -0.39 is 23.1 Å². The van der Waals surface area contributed by atoms with E-state index in [0.29, 0.717) is 25.9 Å². The highest BCUT2D eigenvalue weighted by Gasteiger charge is 2.43. The maximum absolute atomic E-state index is 14.0. The van der Waals surface area contributed by atoms with E-state index in [1.165, 1.54) is 17.0 Å². The average molecular weight is 392 g/mol. The third kappa shape index (κ3) is 4.07. The lowest BCUT2D eigenvalue weighted by Crippen LogP contribution is -2.57. The van der Waals surface area contributed by atoms with E-state index in [1.54, 1.807) is 0 Å². The van der Waals surface area contributed by atoms with Gasteiger partial charge in [0.2, 0.25) is 0 Å². The van der Waals surface area contributed by atoms with Crippen molar-refractivity contribution < 1.29 is 18.7 Å². The Labute approximate surface area is 163 Å². The molecule has 8 heteroatoms. The zero-order chi connectivity index (χ0) is 20.5. The Kier molecular flexibility index (Phi) is 5.81. The van der Waals surface area contributed by atoms with Gasteiger partial charge in [0, 0.05) is 43.0 Å². The fourth-order valence-corrected chi connectivity index (χ4v) is 3.82. The van der Waals surface area contributed by atoms with Crippen LogP contribution in [0.25, 0.3) is 0 Å². The summed E-state index contributed by atoms with van der Waals surface area (Å²) in [6, 6.07) is 3.91. The van der Waals surface area contributed by atoms with Crippen LogP contribution in [-0.2, 0) is 17.9 Å². The van der Waals surface area contributed by atoms with Crippen molar-refractivity contribution in [1.29, 1.82) is 0 Å². The van der Waals surface area contributed by atoms with E-state index in [-0.39, 0.29) is 18.7 Å². The van der Waals surface area contributed by atoms with Gasteiger partial charge in [-0.1, -0.05) is 12.1 Å². The van der Waals surface area contributed by atoms with Crippen LogP contribution in [0.4, 0.5) is 8.78 Å². The highest BCUT2D eigenvalue weighted by Crippen LogP contribution is 2.26. The molecule has 1 aliphatic heterocycles. The molecule has 1 aromatic heterocycles. The summed E-state index contributed by atoms with van der Waals surface area (Å²) in [5.74, 6) is -2.34. The molecule has 2 heterocycles. The van der Waals surface area contributed by atoms with Gasteiger partial charge in [-0.15, -0.1) is 0 Å². The fourth-order valence-electron chi connectivity index (χ4n) is 3.82. The van der Waals surface area contributed by atoms with Gasteiger partial charge in [-0.25, -0.2) is 8.78 Å². The van der Waals surface area contributed by atoms with Gasteiger partial charge < -0.3 is 10.0 Å². The van der Waals surface area contributed by atoms with Crippen molar-refractivity contribution in [2.24, 2.45) is 0 Å². The third-order valence-electron chi connectivity index (χ3n) is 5.34. The van der Waals surface area contributed by atoms with Crippen LogP contribution in [0, 0.1) is 25.5 Å². The van der Waals surface area contributed by atoms with E-state index in [2.05, 4.69) is 10.2 Å². The maximum atomic E-state index is 14.0. The Hall–Kier alpha value is -2.32. The molecule has 0 aliphatic carbocycles. The predicted molar refractivity (Wildman–Crippen MR) is 100 cm³/mol. The molecule has 1 saturated heterocycles. The Morgan fingerprint density at radius 1 is 1.36 bits per heavy atom. The van der Waals surface area contributed by atoms with Crippen LogP contribution in [0.2, 0.25) is 0 Å². The van der Waals surface area contributed by atoms with Crippen molar-refractivity contribution in [2.45, 2.75) is 45.4 Å². The molecule has 0 radical (unpaired) electrons. The second-order valence-corrected chi connectivity index (χ2v) is 7.66. The van der Waals surface area contributed by atoms with Crippen molar-refractivity contribution >= 4 is 5.91 Å². The molecule has 0 spiro atoms. The molecule has 1 atom stereocenters. The van der Waals surface area contributed by atoms with Crippen LogP contribution in [0.3, 0.4) is 0 Å². The van der Waals surface area contributed by atoms with Crippen molar-refractivity contribution in [2.75, 3.05) is 20.1 Å². The van der Waals surface area contributed by atoms with Crippen LogP contribution in [-0.4, -0.2) is 56.7 Å². The third-order valence-corrected chi connectivity index (χ3v) is 5.34. The molecule has 152 valence electrons. The highest BCUT2D eigenvalue weighted by atomic mass is 19.2. The molecule has 1 fully saturated rings. The fraction of sp³-hybridized carbons (Fsp3) is 0.500. The van der Waals surface area contributed by atoms with Crippen molar-refractivity contribution in [3.8, 4) is 0 Å². The summed E-state index contributed by atoms with van der Waals surface area (Å²) in [6.45, 7) is 4.87. The van der Waals surface area contributed by atoms with Gasteiger partial charge in [0.15, 0.2) is 17.2 Å². The number of carbonyl (C=O) groups is 1. The van der Waals surface area contributed by atoms with Crippen molar-refractivity contribution in [3.63, 3.8) is 0 Å². The number of likely N-dealkylation sites (tertiary alicyclic amines) is 1. The van der Waals surface area contributed by atoms with Crippen LogP contribution in [0.15, 0.2) is 18.2 Å². The standard InChI is InChI=1S/C20H26F2N4O2/c1-13-16(14(2)24-23-13)11-25(3)12-20(28)8-5-9-26(19(20)27)10-15-6-4-7-17(21)18(15)22/h4,6-7,28H,5,8-12H2,1-3H3,(H,23,24). The number of H-pyrrole nitrogens is 1. The Bertz CT molecular complexity index is 850. The Morgan fingerprint density at radius 2 is 2.11 bits per heavy atom. The van der Waals surface area contributed by atoms with Gasteiger partial charge in [0.05, 0.1) is 5.69 Å². The minimum atomic E-state index is -1.55. The molecule has 1 unspecified atom stereocenters. The summed E-state index contributed by atoms with van der Waals surface area (Å²) in [5.41, 5.74) is 1.43. The maximum Gasteiger partial charge on any atom is 0.256 e. The van der Waals surface area contributed by atoms with E-state index in [4.69, 9.17) is 0 Å². The monoisotopic (exact) mass is 392 g/mol. The molecule has 1 aliphatic rings. The lowest BCUT2D eigenvalue weighted by atomic mass is 9.90. The second kappa shape index (κ2) is 7.97. The number of rotatable bonds is 6. The molecule has 3 rings (SSSR count). The molecular weight excluding hydrogens is 366 g/mol. The largest absolute Gasteiger partial charge is 0.379 e. The molecule has 2 aromatic rings. The van der Waals surface area contributed by atoms with Crippen LogP contribution < -0.4 is 0 Å². The lowest BCUT2D eigenvalue weighted by molar-refractivity contribution is -0.160. The normalized spacial score (nSPS) is 20.2. The number of benzene rings is 1. The number of hydrogen-bond donors (Lipinski definition) is 2. The number of amides is 1. The van der Waals surface area contributed by atoms with Crippen molar-refractivity contribution in [3.05, 3.63) is 52.3 Å². The summed E-state index contributed by atoms with van der Waals surface area (Å²) in [6.07, 6.45) is 0.929. The number of aliphatic hydroxyl groups is 1. The second-order valence-electron chi connectivity index (χ2n) is 7.66. The van der Waals surface area contributed by atoms with E-state index >= 15 is 0 Å². The zero-order valence-electron chi connectivity index (χ0n) is 16.4. The predicted octanol–water partition coefficient (Wildman–Crippen LogP) is 2.29. The molecule has 0 saturated carbocycles. The van der Waals surface area contributed by atoms with Gasteiger partial charge in [-0.3, -0.25) is 14.8 Å². The van der Waals surface area contributed by atoms with Gasteiger partial charge >= 0.3 is 0 Å². The SMILES string of the molecule is Cc1n[nH]c(C)c1CN(C)CC1(O)CCCN(Cc2cccc(F)c2F)C1=O. The number of aromatic amines is 1. The number of likely N-dealkylation sites (N-methyl/N-ethyl adjacent to an activating group) is 1. The molecular formula is C20H26F2N4O2. The summed E-state index contributed by atoms with van der Waals surface area (Å²) >= 11 is 0. The highest BCUT2D eigenvalue weighted by molar-refractivity contribution is 5.86. The molecule has 28 heavy (non-hydrogen) atoms. The number of nitrogens with one attached hydrogen (secondary N) is 1. The number of piperidine rings is 1. The molecule has 6 nitrogen and oxygen atoms in total. The number of halogens is 2. The van der Waals surface area contributed by atoms with Crippen LogP contribution in [0.1, 0.15) is 35.4 Å². The van der Waals surface area contributed by atoms with E-state index in [0.717, 1.165) is 23.0 Å². The average Bonchev–Trinajstić information content (AvgIpc) is 2.94. The minimum Gasteiger partial charge on any atom is -0.379 e. The lowest BCUT2D eigenvalue weighted by Gasteiger charge is -2.40. The van der Waals surface area contributed by atoms with E-state index in [1.807, 2.05) is 25.8 Å². The van der Waals surface area contributed by atoms with Crippen LogP contribution >= 0.6 is 0 Å². The van der Waals surface area contributed by atoms with Crippen LogP contribution in [0.5, 0.6) is 0 Å². The number of carbonyl (C=O) groups excluding carboxylic acids is 1. The number of hydrogen-bond acceptors (Lipinski definition) is 4. The first-order valence-corrected chi connectivity index (χ1v) is 9.35. The first kappa shape index (κ1) is 20.4. The quantitative estimate of drug-likeness (QED) is 0.791. The first-order chi connectivity index (χ1) is 13.2.